The molecule has 0 aromatic carbocycles. The fourth-order valence-electron chi connectivity index (χ4n) is 0.977. The molecule has 78 valence electrons. The molecule has 0 aliphatic rings. The predicted octanol–water partition coefficient (Wildman–Crippen LogP) is 2.71. The summed E-state index contributed by atoms with van der Waals surface area (Å²) >= 11 is 7.61. The highest BCUT2D eigenvalue weighted by atomic mass is 35.5. The van der Waals surface area contributed by atoms with E-state index >= 15 is 0 Å². The van der Waals surface area contributed by atoms with Crippen molar-refractivity contribution in [2.24, 2.45) is 5.73 Å². The number of thioether (sulfide) groups is 1. The molecule has 0 saturated heterocycles. The minimum absolute atomic E-state index is 0.287. The molecule has 0 spiro atoms. The highest BCUT2D eigenvalue weighted by Gasteiger charge is 1.98. The Bertz CT molecular complexity index is 279. The third-order valence-corrected chi connectivity index (χ3v) is 2.98. The molecule has 0 saturated carbocycles. The molecule has 0 aliphatic heterocycles. The molecule has 0 aliphatic carbocycles. The largest absolute Gasteiger partial charge is 0.328 e. The zero-order valence-electron chi connectivity index (χ0n) is 8.24. The van der Waals surface area contributed by atoms with Crippen LogP contribution in [0.2, 0.25) is 5.15 Å². The number of halogens is 1. The first-order chi connectivity index (χ1) is 6.68. The summed E-state index contributed by atoms with van der Waals surface area (Å²) in [5, 5.41) is 0.565. The average Bonchev–Trinajstić information content (AvgIpc) is 2.12. The standard InChI is InChI=1S/C10H15ClN2S/c1-8(12)5-6-14-7-9-3-2-4-10(11)13-9/h2-4,8H,5-7,12H2,1H3. The number of aromatic nitrogens is 1. The molecule has 2 N–H and O–H groups in total. The lowest BCUT2D eigenvalue weighted by molar-refractivity contribution is 0.721. The van der Waals surface area contributed by atoms with Gasteiger partial charge in [-0.1, -0.05) is 17.7 Å². The van der Waals surface area contributed by atoms with Crippen molar-refractivity contribution in [2.45, 2.75) is 25.1 Å². The highest BCUT2D eigenvalue weighted by molar-refractivity contribution is 7.98. The van der Waals surface area contributed by atoms with Crippen molar-refractivity contribution in [2.75, 3.05) is 5.75 Å². The molecule has 0 bridgehead atoms. The molecule has 0 amide bonds. The van der Waals surface area contributed by atoms with Crippen molar-refractivity contribution in [3.63, 3.8) is 0 Å². The van der Waals surface area contributed by atoms with Crippen LogP contribution in [-0.4, -0.2) is 16.8 Å². The molecule has 0 radical (unpaired) electrons. The molecular formula is C10H15ClN2S. The Kier molecular flexibility index (Phi) is 5.30. The topological polar surface area (TPSA) is 38.9 Å². The normalized spacial score (nSPS) is 12.8. The lowest BCUT2D eigenvalue weighted by atomic mass is 10.3. The van der Waals surface area contributed by atoms with Crippen molar-refractivity contribution >= 4 is 23.4 Å². The van der Waals surface area contributed by atoms with Gasteiger partial charge < -0.3 is 5.73 Å². The van der Waals surface area contributed by atoms with E-state index in [1.807, 2.05) is 30.8 Å². The first kappa shape index (κ1) is 11.8. The van der Waals surface area contributed by atoms with Gasteiger partial charge in [0.05, 0.1) is 5.69 Å². The Morgan fingerprint density at radius 2 is 2.36 bits per heavy atom. The maximum Gasteiger partial charge on any atom is 0.129 e. The Morgan fingerprint density at radius 1 is 1.57 bits per heavy atom. The Labute approximate surface area is 94.2 Å². The number of pyridine rings is 1. The van der Waals surface area contributed by atoms with Gasteiger partial charge in [0.25, 0.3) is 0 Å². The van der Waals surface area contributed by atoms with Crippen LogP contribution >= 0.6 is 23.4 Å². The average molecular weight is 231 g/mol. The van der Waals surface area contributed by atoms with E-state index in [0.29, 0.717) is 5.15 Å². The van der Waals surface area contributed by atoms with Gasteiger partial charge in [0.2, 0.25) is 0 Å². The van der Waals surface area contributed by atoms with E-state index in [4.69, 9.17) is 17.3 Å². The molecule has 1 heterocycles. The van der Waals surface area contributed by atoms with Crippen LogP contribution in [0.3, 0.4) is 0 Å². The van der Waals surface area contributed by atoms with Crippen molar-refractivity contribution < 1.29 is 0 Å². The van der Waals surface area contributed by atoms with Crippen LogP contribution in [0.1, 0.15) is 19.0 Å². The van der Waals surface area contributed by atoms with Crippen LogP contribution in [-0.2, 0) is 5.75 Å². The monoisotopic (exact) mass is 230 g/mol. The minimum Gasteiger partial charge on any atom is -0.328 e. The van der Waals surface area contributed by atoms with Crippen molar-refractivity contribution in [3.8, 4) is 0 Å². The Morgan fingerprint density at radius 3 is 3.00 bits per heavy atom. The molecule has 1 unspecified atom stereocenters. The molecule has 1 aromatic heterocycles. The van der Waals surface area contributed by atoms with Crippen molar-refractivity contribution in [1.29, 1.82) is 0 Å². The summed E-state index contributed by atoms with van der Waals surface area (Å²) < 4.78 is 0. The van der Waals surface area contributed by atoms with Crippen LogP contribution in [0.5, 0.6) is 0 Å². The third-order valence-electron chi connectivity index (χ3n) is 1.74. The molecule has 1 atom stereocenters. The van der Waals surface area contributed by atoms with Gasteiger partial charge in [-0.05, 0) is 31.2 Å². The molecule has 0 fully saturated rings. The Hall–Kier alpha value is -0.250. The van der Waals surface area contributed by atoms with Crippen LogP contribution < -0.4 is 5.73 Å². The van der Waals surface area contributed by atoms with Crippen molar-refractivity contribution in [1.82, 2.24) is 4.98 Å². The van der Waals surface area contributed by atoms with Crippen LogP contribution in [0.25, 0.3) is 0 Å². The van der Waals surface area contributed by atoms with E-state index < -0.39 is 0 Å². The maximum absolute atomic E-state index is 5.77. The van der Waals surface area contributed by atoms with Crippen LogP contribution in [0.15, 0.2) is 18.2 Å². The molecule has 1 rings (SSSR count). The van der Waals surface area contributed by atoms with Gasteiger partial charge in [-0.15, -0.1) is 0 Å². The van der Waals surface area contributed by atoms with Gasteiger partial charge in [0.15, 0.2) is 0 Å². The minimum atomic E-state index is 0.287. The summed E-state index contributed by atoms with van der Waals surface area (Å²) in [5.41, 5.74) is 6.68. The second-order valence-corrected chi connectivity index (χ2v) is 4.76. The van der Waals surface area contributed by atoms with E-state index in [2.05, 4.69) is 4.98 Å². The first-order valence-corrected chi connectivity index (χ1v) is 6.16. The zero-order chi connectivity index (χ0) is 10.4. The summed E-state index contributed by atoms with van der Waals surface area (Å²) in [7, 11) is 0. The maximum atomic E-state index is 5.77. The summed E-state index contributed by atoms with van der Waals surface area (Å²) in [4.78, 5) is 4.20. The summed E-state index contributed by atoms with van der Waals surface area (Å²) in [5.74, 6) is 1.99. The van der Waals surface area contributed by atoms with Gasteiger partial charge in [-0.3, -0.25) is 0 Å². The first-order valence-electron chi connectivity index (χ1n) is 4.63. The fourth-order valence-corrected chi connectivity index (χ4v) is 2.21. The molecule has 4 heteroatoms. The van der Waals surface area contributed by atoms with Gasteiger partial charge >= 0.3 is 0 Å². The van der Waals surface area contributed by atoms with E-state index in [9.17, 15) is 0 Å². The molecule has 14 heavy (non-hydrogen) atoms. The number of hydrogen-bond acceptors (Lipinski definition) is 3. The SMILES string of the molecule is CC(N)CCSCc1cccc(Cl)n1. The quantitative estimate of drug-likeness (QED) is 0.625. The van der Waals surface area contributed by atoms with Gasteiger partial charge in [-0.2, -0.15) is 11.8 Å². The third kappa shape index (κ3) is 4.84. The van der Waals surface area contributed by atoms with Gasteiger partial charge in [0.1, 0.15) is 5.15 Å². The van der Waals surface area contributed by atoms with Crippen LogP contribution in [0.4, 0.5) is 0 Å². The smallest absolute Gasteiger partial charge is 0.129 e. The molecular weight excluding hydrogens is 216 g/mol. The second-order valence-electron chi connectivity index (χ2n) is 3.27. The predicted molar refractivity (Wildman–Crippen MR) is 63.7 cm³/mol. The molecule has 1 aromatic rings. The lowest BCUT2D eigenvalue weighted by Crippen LogP contribution is -2.15. The van der Waals surface area contributed by atoms with E-state index in [-0.39, 0.29) is 6.04 Å². The van der Waals surface area contributed by atoms with Crippen LogP contribution in [0, 0.1) is 0 Å². The number of nitrogens with two attached hydrogens (primary N) is 1. The summed E-state index contributed by atoms with van der Waals surface area (Å²) in [6, 6.07) is 5.99. The van der Waals surface area contributed by atoms with Gasteiger partial charge in [0, 0.05) is 11.8 Å². The van der Waals surface area contributed by atoms with E-state index in [0.717, 1.165) is 23.6 Å². The second kappa shape index (κ2) is 6.27. The number of nitrogens with zero attached hydrogens (tertiary/aromatic N) is 1. The molecule has 2 nitrogen and oxygen atoms in total. The highest BCUT2D eigenvalue weighted by Crippen LogP contribution is 2.13. The summed E-state index contributed by atoms with van der Waals surface area (Å²) in [6.07, 6.45) is 1.05. The fraction of sp³-hybridized carbons (Fsp3) is 0.500. The number of rotatable bonds is 5. The lowest BCUT2D eigenvalue weighted by Gasteiger charge is -2.04. The summed E-state index contributed by atoms with van der Waals surface area (Å²) in [6.45, 7) is 2.03. The zero-order valence-corrected chi connectivity index (χ0v) is 9.81. The number of hydrogen-bond donors (Lipinski definition) is 1. The van der Waals surface area contributed by atoms with Gasteiger partial charge in [-0.25, -0.2) is 4.98 Å². The van der Waals surface area contributed by atoms with Crippen molar-refractivity contribution in [3.05, 3.63) is 29.0 Å². The Balaban J connectivity index is 2.25. The van der Waals surface area contributed by atoms with E-state index in [1.165, 1.54) is 0 Å². The van der Waals surface area contributed by atoms with E-state index in [1.54, 1.807) is 6.07 Å².